The molecule has 3 aromatic carbocycles. The van der Waals surface area contributed by atoms with Crippen molar-refractivity contribution in [3.63, 3.8) is 0 Å². The Labute approximate surface area is 195 Å². The lowest BCUT2D eigenvalue weighted by Gasteiger charge is -2.01. The molecule has 0 spiro atoms. The zero-order valence-electron chi connectivity index (χ0n) is 18.5. The van der Waals surface area contributed by atoms with Gasteiger partial charge in [0, 0.05) is 29.3 Å². The minimum Gasteiger partial charge on any atom is -0.344 e. The molecule has 7 heteroatoms. The highest BCUT2D eigenvalue weighted by atomic mass is 15.3. The highest BCUT2D eigenvalue weighted by Crippen LogP contribution is 2.39. The maximum Gasteiger partial charge on any atom is 0.201 e. The molecule has 0 saturated heterocycles. The number of nitrogens with two attached hydrogens (primary N) is 1. The summed E-state index contributed by atoms with van der Waals surface area (Å²) in [6, 6.07) is 27.4. The number of aromatic nitrogens is 5. The summed E-state index contributed by atoms with van der Waals surface area (Å²) in [6.45, 7) is 1.29. The standard InChI is InChI=1S/C27H20N6.H3N/c28-14-17-6-8-19(9-7-17)24-13-22(26-25-27(29-25)31-33(24)26)20-10-11-21-16-32(30-23(21)12-20)15-18-4-2-1-3-5-18;/h1-13,16H,14-15,28H2;1H3. The van der Waals surface area contributed by atoms with Crippen molar-refractivity contribution in [1.82, 2.24) is 30.5 Å². The number of fused-ring (bicyclic) bond motifs is 4. The van der Waals surface area contributed by atoms with Crippen LogP contribution in [0.2, 0.25) is 0 Å². The first kappa shape index (κ1) is 20.3. The number of hydrogen-bond donors (Lipinski definition) is 2. The van der Waals surface area contributed by atoms with E-state index in [9.17, 15) is 0 Å². The summed E-state index contributed by atoms with van der Waals surface area (Å²) in [5.74, 6) is 0. The number of nitrogens with zero attached hydrogens (tertiary/aromatic N) is 5. The molecule has 0 aliphatic heterocycles. The average Bonchev–Trinajstić information content (AvgIpc) is 3.17. The third kappa shape index (κ3) is 3.18. The van der Waals surface area contributed by atoms with Crippen molar-refractivity contribution < 1.29 is 0 Å². The molecule has 0 aliphatic rings. The molecule has 0 amide bonds. The van der Waals surface area contributed by atoms with Crippen molar-refractivity contribution in [2.75, 3.05) is 0 Å². The molecule has 0 fully saturated rings. The quantitative estimate of drug-likeness (QED) is 0.383. The number of hydrogen-bond acceptors (Lipinski definition) is 5. The smallest absolute Gasteiger partial charge is 0.201 e. The highest BCUT2D eigenvalue weighted by molar-refractivity contribution is 6.07. The van der Waals surface area contributed by atoms with Crippen molar-refractivity contribution in [3.05, 3.63) is 96.2 Å². The summed E-state index contributed by atoms with van der Waals surface area (Å²) < 4.78 is 4.02. The zero-order chi connectivity index (χ0) is 21.9. The average molecular weight is 446 g/mol. The largest absolute Gasteiger partial charge is 0.344 e. The van der Waals surface area contributed by atoms with Crippen molar-refractivity contribution in [3.8, 4) is 22.4 Å². The van der Waals surface area contributed by atoms with Gasteiger partial charge in [-0.3, -0.25) is 4.68 Å². The van der Waals surface area contributed by atoms with E-state index in [0.717, 1.165) is 62.1 Å². The van der Waals surface area contributed by atoms with E-state index in [0.29, 0.717) is 6.54 Å². The van der Waals surface area contributed by atoms with Crippen LogP contribution in [0.1, 0.15) is 11.1 Å². The summed E-state index contributed by atoms with van der Waals surface area (Å²) in [5.41, 5.74) is 16.4. The third-order valence-corrected chi connectivity index (χ3v) is 6.31. The molecule has 0 saturated carbocycles. The van der Waals surface area contributed by atoms with Crippen molar-refractivity contribution in [2.24, 2.45) is 5.73 Å². The Morgan fingerprint density at radius 3 is 2.38 bits per heavy atom. The van der Waals surface area contributed by atoms with Crippen LogP contribution >= 0.6 is 0 Å². The maximum absolute atomic E-state index is 5.77. The van der Waals surface area contributed by atoms with Gasteiger partial charge in [-0.2, -0.15) is 5.10 Å². The fourth-order valence-corrected chi connectivity index (χ4v) is 4.56. The summed E-state index contributed by atoms with van der Waals surface area (Å²) >= 11 is 0. The first-order chi connectivity index (χ1) is 16.3. The van der Waals surface area contributed by atoms with Crippen LogP contribution in [0.5, 0.6) is 0 Å². The monoisotopic (exact) mass is 445 g/mol. The second kappa shape index (κ2) is 7.62. The summed E-state index contributed by atoms with van der Waals surface area (Å²) in [7, 11) is 0. The zero-order valence-corrected chi connectivity index (χ0v) is 18.5. The Bertz CT molecular complexity index is 1710. The molecular weight excluding hydrogens is 422 g/mol. The Balaban J connectivity index is 0.00000217. The molecule has 166 valence electrons. The highest BCUT2D eigenvalue weighted by Gasteiger charge is 2.24. The second-order valence-electron chi connectivity index (χ2n) is 8.47. The van der Waals surface area contributed by atoms with Crippen molar-refractivity contribution in [1.29, 1.82) is 0 Å². The predicted molar refractivity (Wildman–Crippen MR) is 135 cm³/mol. The Kier molecular flexibility index (Phi) is 4.55. The van der Waals surface area contributed by atoms with E-state index in [1.54, 1.807) is 0 Å². The fraction of sp³-hybridized carbons (Fsp3) is 0.0741. The molecule has 4 heterocycles. The minimum atomic E-state index is 0. The van der Waals surface area contributed by atoms with Gasteiger partial charge >= 0.3 is 0 Å². The van der Waals surface area contributed by atoms with Gasteiger partial charge in [-0.15, -0.1) is 5.10 Å². The van der Waals surface area contributed by atoms with Gasteiger partial charge in [0.15, 0.2) is 0 Å². The van der Waals surface area contributed by atoms with Crippen LogP contribution in [0.3, 0.4) is 0 Å². The van der Waals surface area contributed by atoms with Gasteiger partial charge in [0.25, 0.3) is 0 Å². The van der Waals surface area contributed by atoms with Crippen LogP contribution in [0, 0.1) is 0 Å². The molecule has 0 aliphatic carbocycles. The van der Waals surface area contributed by atoms with E-state index >= 15 is 0 Å². The third-order valence-electron chi connectivity index (χ3n) is 6.31. The van der Waals surface area contributed by atoms with Gasteiger partial charge in [0.05, 0.1) is 17.8 Å². The minimum absolute atomic E-state index is 0. The Morgan fingerprint density at radius 2 is 1.59 bits per heavy atom. The molecule has 7 nitrogen and oxygen atoms in total. The van der Waals surface area contributed by atoms with E-state index in [-0.39, 0.29) is 6.15 Å². The Hall–Kier alpha value is -4.33. The van der Waals surface area contributed by atoms with Crippen LogP contribution < -0.4 is 11.9 Å². The van der Waals surface area contributed by atoms with E-state index in [1.807, 2.05) is 15.3 Å². The molecule has 0 unspecified atom stereocenters. The van der Waals surface area contributed by atoms with Gasteiger partial charge in [-0.1, -0.05) is 66.7 Å². The van der Waals surface area contributed by atoms with Gasteiger partial charge in [0.2, 0.25) is 5.65 Å². The molecule has 5 N–H and O–H groups in total. The normalized spacial score (nSPS) is 11.7. The van der Waals surface area contributed by atoms with Crippen LogP contribution in [-0.4, -0.2) is 24.4 Å². The van der Waals surface area contributed by atoms with Gasteiger partial charge in [0.1, 0.15) is 11.0 Å². The SMILES string of the molecule is N.NCc1ccc(-c2cc(-c3ccc4cn(Cc5ccccc5)nc4c3)c3c4nc4nn23)cc1. The second-order valence-corrected chi connectivity index (χ2v) is 8.47. The van der Waals surface area contributed by atoms with E-state index in [4.69, 9.17) is 10.8 Å². The number of benzene rings is 3. The molecule has 4 aromatic heterocycles. The van der Waals surface area contributed by atoms with Gasteiger partial charge < -0.3 is 11.9 Å². The number of rotatable bonds is 5. The summed E-state index contributed by atoms with van der Waals surface area (Å²) in [4.78, 5) is 4.45. The van der Waals surface area contributed by atoms with Gasteiger partial charge in [-0.05, 0) is 28.8 Å². The molecule has 34 heavy (non-hydrogen) atoms. The lowest BCUT2D eigenvalue weighted by molar-refractivity contribution is 0.696. The molecule has 7 rings (SSSR count). The molecule has 0 radical (unpaired) electrons. The van der Waals surface area contributed by atoms with Crippen LogP contribution in [-0.2, 0) is 13.1 Å². The first-order valence-corrected chi connectivity index (χ1v) is 11.0. The summed E-state index contributed by atoms with van der Waals surface area (Å²) in [5, 5.41) is 10.7. The van der Waals surface area contributed by atoms with Crippen molar-refractivity contribution in [2.45, 2.75) is 13.1 Å². The van der Waals surface area contributed by atoms with E-state index in [2.05, 4.69) is 89.1 Å². The molecular formula is C27H23N7. The Morgan fingerprint density at radius 1 is 0.794 bits per heavy atom. The molecule has 7 aromatic rings. The lowest BCUT2D eigenvalue weighted by atomic mass is 10.0. The van der Waals surface area contributed by atoms with Crippen LogP contribution in [0.25, 0.3) is 50.0 Å². The lowest BCUT2D eigenvalue weighted by Crippen LogP contribution is -1.99. The van der Waals surface area contributed by atoms with Crippen molar-refractivity contribution >= 4 is 27.6 Å². The first-order valence-electron chi connectivity index (χ1n) is 11.0. The van der Waals surface area contributed by atoms with Crippen LogP contribution in [0.4, 0.5) is 0 Å². The molecule has 0 bridgehead atoms. The maximum atomic E-state index is 5.77. The topological polar surface area (TPSA) is 109 Å². The molecule has 0 atom stereocenters. The summed E-state index contributed by atoms with van der Waals surface area (Å²) in [6.07, 6.45) is 2.10. The predicted octanol–water partition coefficient (Wildman–Crippen LogP) is 5.11. The van der Waals surface area contributed by atoms with E-state index in [1.165, 1.54) is 5.56 Å². The van der Waals surface area contributed by atoms with E-state index < -0.39 is 0 Å². The van der Waals surface area contributed by atoms with Crippen LogP contribution in [0.15, 0.2) is 85.1 Å². The van der Waals surface area contributed by atoms with Gasteiger partial charge in [-0.25, -0.2) is 9.50 Å². The fourth-order valence-electron chi connectivity index (χ4n) is 4.56.